The van der Waals surface area contributed by atoms with Crippen molar-refractivity contribution in [2.45, 2.75) is 37.5 Å². The molecule has 0 bridgehead atoms. The van der Waals surface area contributed by atoms with Crippen molar-refractivity contribution in [3.63, 3.8) is 0 Å². The topological polar surface area (TPSA) is 30.5 Å². The maximum atomic E-state index is 5.66. The fraction of sp³-hybridized carbons (Fsp3) is 1.00. The molecule has 3 atom stereocenters. The first kappa shape index (κ1) is 8.48. The van der Waals surface area contributed by atoms with Crippen molar-refractivity contribution in [2.75, 3.05) is 20.3 Å². The van der Waals surface area contributed by atoms with Gasteiger partial charge < -0.3 is 14.8 Å². The lowest BCUT2D eigenvalue weighted by molar-refractivity contribution is -0.0593. The van der Waals surface area contributed by atoms with E-state index in [4.69, 9.17) is 9.47 Å². The first-order chi connectivity index (χ1) is 5.90. The third-order valence-electron chi connectivity index (χ3n) is 2.91. The molecule has 3 heteroatoms. The second-order valence-electron chi connectivity index (χ2n) is 3.64. The van der Waals surface area contributed by atoms with Gasteiger partial charge in [-0.15, -0.1) is 0 Å². The van der Waals surface area contributed by atoms with Crippen LogP contribution in [0.2, 0.25) is 0 Å². The molecule has 0 unspecified atom stereocenters. The van der Waals surface area contributed by atoms with Gasteiger partial charge in [0.1, 0.15) is 0 Å². The van der Waals surface area contributed by atoms with Crippen LogP contribution in [0.15, 0.2) is 0 Å². The summed E-state index contributed by atoms with van der Waals surface area (Å²) in [5.74, 6) is 0. The highest BCUT2D eigenvalue weighted by Crippen LogP contribution is 2.25. The highest BCUT2D eigenvalue weighted by Gasteiger charge is 2.32. The maximum Gasteiger partial charge on any atom is 0.0730 e. The Labute approximate surface area is 73.4 Å². The van der Waals surface area contributed by atoms with Crippen LogP contribution in [-0.2, 0) is 9.47 Å². The molecule has 0 aromatic carbocycles. The Hall–Kier alpha value is -0.120. The predicted molar refractivity (Wildman–Crippen MR) is 46.2 cm³/mol. The lowest BCUT2D eigenvalue weighted by atomic mass is 9.89. The number of hydrogen-bond donors (Lipinski definition) is 1. The van der Waals surface area contributed by atoms with Gasteiger partial charge in [-0.3, -0.25) is 0 Å². The number of fused-ring (bicyclic) bond motifs is 1. The number of ether oxygens (including phenoxy) is 2. The molecule has 0 aromatic rings. The zero-order valence-electron chi connectivity index (χ0n) is 7.58. The van der Waals surface area contributed by atoms with Crippen LogP contribution in [0.4, 0.5) is 0 Å². The van der Waals surface area contributed by atoms with Gasteiger partial charge in [0, 0.05) is 19.7 Å². The van der Waals surface area contributed by atoms with Crippen LogP contribution in [0.25, 0.3) is 0 Å². The van der Waals surface area contributed by atoms with E-state index in [1.54, 1.807) is 7.11 Å². The molecule has 70 valence electrons. The van der Waals surface area contributed by atoms with E-state index in [2.05, 4.69) is 5.32 Å². The van der Waals surface area contributed by atoms with E-state index in [1.165, 1.54) is 0 Å². The summed E-state index contributed by atoms with van der Waals surface area (Å²) in [6.45, 7) is 1.87. The Bertz CT molecular complexity index is 151. The normalized spacial score (nSPS) is 42.2. The predicted octanol–water partition coefficient (Wildman–Crippen LogP) is 0.542. The van der Waals surface area contributed by atoms with Crippen molar-refractivity contribution >= 4 is 0 Å². The molecule has 1 saturated heterocycles. The Morgan fingerprint density at radius 1 is 1.42 bits per heavy atom. The van der Waals surface area contributed by atoms with E-state index in [0.717, 1.165) is 32.4 Å². The zero-order chi connectivity index (χ0) is 8.39. The van der Waals surface area contributed by atoms with Crippen LogP contribution in [0.1, 0.15) is 19.3 Å². The lowest BCUT2D eigenvalue weighted by Gasteiger charge is -2.39. The molecular formula is C9H17NO2. The molecule has 1 aliphatic heterocycles. The molecule has 0 radical (unpaired) electrons. The summed E-state index contributed by atoms with van der Waals surface area (Å²) in [5.41, 5.74) is 0. The molecule has 12 heavy (non-hydrogen) atoms. The third-order valence-corrected chi connectivity index (χ3v) is 2.91. The Kier molecular flexibility index (Phi) is 2.63. The van der Waals surface area contributed by atoms with Gasteiger partial charge in [-0.25, -0.2) is 0 Å². The van der Waals surface area contributed by atoms with Gasteiger partial charge >= 0.3 is 0 Å². The highest BCUT2D eigenvalue weighted by atomic mass is 16.5. The number of nitrogens with one attached hydrogen (secondary N) is 1. The van der Waals surface area contributed by atoms with Crippen LogP contribution >= 0.6 is 0 Å². The van der Waals surface area contributed by atoms with E-state index in [9.17, 15) is 0 Å². The van der Waals surface area contributed by atoms with Crippen LogP contribution in [-0.4, -0.2) is 38.5 Å². The molecule has 1 heterocycles. The van der Waals surface area contributed by atoms with Crippen LogP contribution in [0.5, 0.6) is 0 Å². The number of morpholine rings is 1. The highest BCUT2D eigenvalue weighted by molar-refractivity contribution is 4.88. The van der Waals surface area contributed by atoms with E-state index in [1.807, 2.05) is 0 Å². The fourth-order valence-electron chi connectivity index (χ4n) is 2.19. The molecule has 0 spiro atoms. The molecule has 2 aliphatic rings. The first-order valence-corrected chi connectivity index (χ1v) is 4.78. The van der Waals surface area contributed by atoms with Crippen molar-refractivity contribution in [1.82, 2.24) is 5.32 Å². The van der Waals surface area contributed by atoms with Gasteiger partial charge in [-0.05, 0) is 19.3 Å². The molecule has 2 rings (SSSR count). The number of hydrogen-bond acceptors (Lipinski definition) is 3. The second-order valence-corrected chi connectivity index (χ2v) is 3.64. The van der Waals surface area contributed by atoms with E-state index in [0.29, 0.717) is 18.2 Å². The lowest BCUT2D eigenvalue weighted by Crippen LogP contribution is -2.52. The summed E-state index contributed by atoms with van der Waals surface area (Å²) in [7, 11) is 1.80. The first-order valence-electron chi connectivity index (χ1n) is 4.78. The molecule has 0 aromatic heterocycles. The van der Waals surface area contributed by atoms with Gasteiger partial charge in [-0.2, -0.15) is 0 Å². The van der Waals surface area contributed by atoms with Crippen molar-refractivity contribution < 1.29 is 9.47 Å². The molecule has 3 nitrogen and oxygen atoms in total. The number of methoxy groups -OCH3 is 1. The van der Waals surface area contributed by atoms with Crippen molar-refractivity contribution in [3.05, 3.63) is 0 Å². The molecule has 1 aliphatic carbocycles. The number of rotatable bonds is 1. The molecular weight excluding hydrogens is 154 g/mol. The van der Waals surface area contributed by atoms with E-state index < -0.39 is 0 Å². The minimum Gasteiger partial charge on any atom is -0.381 e. The smallest absolute Gasteiger partial charge is 0.0730 e. The average molecular weight is 171 g/mol. The summed E-state index contributed by atoms with van der Waals surface area (Å²) in [6.07, 6.45) is 4.31. The maximum absolute atomic E-state index is 5.66. The SMILES string of the molecule is CO[C@H]1CC[C@H]2OCCN[C@@H]2C1. The van der Waals surface area contributed by atoms with Crippen LogP contribution < -0.4 is 5.32 Å². The van der Waals surface area contributed by atoms with Crippen molar-refractivity contribution in [3.8, 4) is 0 Å². The van der Waals surface area contributed by atoms with Gasteiger partial charge in [0.2, 0.25) is 0 Å². The molecule has 1 N–H and O–H groups in total. The monoisotopic (exact) mass is 171 g/mol. The minimum atomic E-state index is 0.445. The van der Waals surface area contributed by atoms with Gasteiger partial charge in [0.25, 0.3) is 0 Å². The standard InChI is InChI=1S/C9H17NO2/c1-11-7-2-3-9-8(6-7)10-4-5-12-9/h7-10H,2-6H2,1H3/t7-,8+,9+/m0/s1. The van der Waals surface area contributed by atoms with E-state index >= 15 is 0 Å². The Morgan fingerprint density at radius 3 is 3.17 bits per heavy atom. The van der Waals surface area contributed by atoms with Gasteiger partial charge in [-0.1, -0.05) is 0 Å². The molecule has 0 amide bonds. The second kappa shape index (κ2) is 3.73. The quantitative estimate of drug-likeness (QED) is 0.624. The summed E-state index contributed by atoms with van der Waals surface area (Å²) < 4.78 is 11.0. The zero-order valence-corrected chi connectivity index (χ0v) is 7.58. The van der Waals surface area contributed by atoms with Crippen molar-refractivity contribution in [1.29, 1.82) is 0 Å². The van der Waals surface area contributed by atoms with Crippen molar-refractivity contribution in [2.24, 2.45) is 0 Å². The molecule has 1 saturated carbocycles. The third kappa shape index (κ3) is 1.63. The van der Waals surface area contributed by atoms with Crippen LogP contribution in [0, 0.1) is 0 Å². The Morgan fingerprint density at radius 2 is 2.33 bits per heavy atom. The van der Waals surface area contributed by atoms with E-state index in [-0.39, 0.29) is 0 Å². The fourth-order valence-corrected chi connectivity index (χ4v) is 2.19. The Balaban J connectivity index is 1.90. The summed E-state index contributed by atoms with van der Waals surface area (Å²) in [5, 5.41) is 3.48. The van der Waals surface area contributed by atoms with Gasteiger partial charge in [0.05, 0.1) is 18.8 Å². The minimum absolute atomic E-state index is 0.445. The average Bonchev–Trinajstić information content (AvgIpc) is 2.17. The largest absolute Gasteiger partial charge is 0.381 e. The summed E-state index contributed by atoms with van der Waals surface area (Å²) in [4.78, 5) is 0. The molecule has 2 fully saturated rings. The van der Waals surface area contributed by atoms with Crippen LogP contribution in [0.3, 0.4) is 0 Å². The summed E-state index contributed by atoms with van der Waals surface area (Å²) in [6, 6.07) is 0.539. The van der Waals surface area contributed by atoms with Gasteiger partial charge in [0.15, 0.2) is 0 Å². The summed E-state index contributed by atoms with van der Waals surface area (Å²) >= 11 is 0.